The van der Waals surface area contributed by atoms with E-state index in [0.29, 0.717) is 35.3 Å². The molecule has 2 aromatic carbocycles. The van der Waals surface area contributed by atoms with Crippen LogP contribution in [0.25, 0.3) is 33.1 Å². The third kappa shape index (κ3) is 4.86. The Bertz CT molecular complexity index is 1410. The second kappa shape index (κ2) is 10.0. The van der Waals surface area contributed by atoms with Gasteiger partial charge >= 0.3 is 0 Å². The molecule has 0 aliphatic heterocycles. The van der Waals surface area contributed by atoms with Gasteiger partial charge in [0.1, 0.15) is 12.4 Å². The summed E-state index contributed by atoms with van der Waals surface area (Å²) in [7, 11) is -3.63. The van der Waals surface area contributed by atoms with Crippen LogP contribution in [0.5, 0.6) is 11.6 Å². The van der Waals surface area contributed by atoms with Gasteiger partial charge in [-0.25, -0.2) is 18.1 Å². The minimum absolute atomic E-state index is 0.0591. The van der Waals surface area contributed by atoms with Gasteiger partial charge in [-0.15, -0.1) is 0 Å². The minimum Gasteiger partial charge on any atom is -0.494 e. The number of aromatic nitrogens is 2. The van der Waals surface area contributed by atoms with E-state index in [0.717, 1.165) is 36.3 Å². The zero-order chi connectivity index (χ0) is 24.3. The molecule has 0 spiro atoms. The van der Waals surface area contributed by atoms with Crippen LogP contribution in [-0.4, -0.2) is 61.2 Å². The fraction of sp³-hybridized carbons (Fsp3) is 0.320. The topological polar surface area (TPSA) is 108 Å². The molecule has 180 valence electrons. The number of aromatic hydroxyl groups is 1. The molecule has 4 rings (SSSR count). The highest BCUT2D eigenvalue weighted by Crippen LogP contribution is 2.37. The SMILES string of the molecule is CCNS(=O)(=O)c1ccc2[nH]c(O)c(-c3ccc4cc(OCCN(CC)CC)ccc4n3)c2c1. The van der Waals surface area contributed by atoms with E-state index in [9.17, 15) is 13.5 Å². The Hall–Kier alpha value is -3.14. The summed E-state index contributed by atoms with van der Waals surface area (Å²) >= 11 is 0. The summed E-state index contributed by atoms with van der Waals surface area (Å²) in [6.07, 6.45) is 0. The van der Waals surface area contributed by atoms with Crippen molar-refractivity contribution in [3.63, 3.8) is 0 Å². The maximum Gasteiger partial charge on any atom is 0.240 e. The first kappa shape index (κ1) is 24.0. The van der Waals surface area contributed by atoms with Crippen molar-refractivity contribution >= 4 is 31.8 Å². The third-order valence-electron chi connectivity index (χ3n) is 5.88. The molecule has 0 aliphatic carbocycles. The molecule has 0 amide bonds. The Morgan fingerprint density at radius 3 is 2.59 bits per heavy atom. The van der Waals surface area contributed by atoms with E-state index in [1.807, 2.05) is 30.3 Å². The molecule has 4 aromatic rings. The molecule has 0 fully saturated rings. The van der Waals surface area contributed by atoms with E-state index in [4.69, 9.17) is 9.72 Å². The minimum atomic E-state index is -3.63. The number of likely N-dealkylation sites (N-methyl/N-ethyl adjacent to an activating group) is 1. The Morgan fingerprint density at radius 2 is 1.85 bits per heavy atom. The zero-order valence-electron chi connectivity index (χ0n) is 19.6. The van der Waals surface area contributed by atoms with Gasteiger partial charge in [-0.1, -0.05) is 26.8 Å². The number of fused-ring (bicyclic) bond motifs is 2. The first-order chi connectivity index (χ1) is 16.4. The van der Waals surface area contributed by atoms with Crippen molar-refractivity contribution in [2.45, 2.75) is 25.7 Å². The Balaban J connectivity index is 1.65. The van der Waals surface area contributed by atoms with Gasteiger partial charge in [0, 0.05) is 29.4 Å². The lowest BCUT2D eigenvalue weighted by atomic mass is 10.1. The van der Waals surface area contributed by atoms with Gasteiger partial charge in [-0.05, 0) is 55.6 Å². The molecule has 2 aromatic heterocycles. The Labute approximate surface area is 199 Å². The summed E-state index contributed by atoms with van der Waals surface area (Å²) in [6.45, 7) is 9.75. The number of sulfonamides is 1. The van der Waals surface area contributed by atoms with E-state index in [1.54, 1.807) is 19.1 Å². The number of rotatable bonds is 10. The number of H-pyrrole nitrogens is 1. The average molecular weight is 483 g/mol. The maximum absolute atomic E-state index is 12.5. The van der Waals surface area contributed by atoms with Crippen LogP contribution in [-0.2, 0) is 10.0 Å². The zero-order valence-corrected chi connectivity index (χ0v) is 20.4. The first-order valence-corrected chi connectivity index (χ1v) is 12.9. The third-order valence-corrected chi connectivity index (χ3v) is 7.43. The molecule has 8 nitrogen and oxygen atoms in total. The Morgan fingerprint density at radius 1 is 1.06 bits per heavy atom. The summed E-state index contributed by atoms with van der Waals surface area (Å²) < 4.78 is 33.3. The van der Waals surface area contributed by atoms with Crippen LogP contribution < -0.4 is 9.46 Å². The molecular weight excluding hydrogens is 452 g/mol. The molecule has 0 bridgehead atoms. The smallest absolute Gasteiger partial charge is 0.240 e. The van der Waals surface area contributed by atoms with Crippen molar-refractivity contribution in [3.05, 3.63) is 48.5 Å². The number of nitrogens with one attached hydrogen (secondary N) is 2. The van der Waals surface area contributed by atoms with Gasteiger partial charge in [0.2, 0.25) is 10.0 Å². The predicted octanol–water partition coefficient (Wildman–Crippen LogP) is 4.11. The van der Waals surface area contributed by atoms with Crippen LogP contribution in [0.3, 0.4) is 0 Å². The van der Waals surface area contributed by atoms with E-state index in [-0.39, 0.29) is 10.8 Å². The molecule has 0 unspecified atom stereocenters. The molecular formula is C25H30N4O4S. The van der Waals surface area contributed by atoms with Gasteiger partial charge < -0.3 is 19.7 Å². The van der Waals surface area contributed by atoms with E-state index < -0.39 is 10.0 Å². The normalized spacial score (nSPS) is 12.1. The molecule has 34 heavy (non-hydrogen) atoms. The fourth-order valence-electron chi connectivity index (χ4n) is 4.02. The molecule has 9 heteroatoms. The average Bonchev–Trinajstić information content (AvgIpc) is 3.16. The van der Waals surface area contributed by atoms with Crippen molar-refractivity contribution in [2.24, 2.45) is 0 Å². The summed E-state index contributed by atoms with van der Waals surface area (Å²) in [4.78, 5) is 10.1. The molecule has 3 N–H and O–H groups in total. The Kier molecular flexibility index (Phi) is 7.06. The van der Waals surface area contributed by atoms with Gasteiger partial charge in [0.15, 0.2) is 5.88 Å². The van der Waals surface area contributed by atoms with Gasteiger partial charge in [-0.3, -0.25) is 0 Å². The number of pyridine rings is 1. The number of aromatic amines is 1. The first-order valence-electron chi connectivity index (χ1n) is 11.5. The van der Waals surface area contributed by atoms with Crippen molar-refractivity contribution in [1.82, 2.24) is 19.6 Å². The predicted molar refractivity (Wildman–Crippen MR) is 135 cm³/mol. The number of benzene rings is 2. The summed E-state index contributed by atoms with van der Waals surface area (Å²) in [5.41, 5.74) is 2.38. The lowest BCUT2D eigenvalue weighted by Gasteiger charge is -2.18. The van der Waals surface area contributed by atoms with Crippen molar-refractivity contribution < 1.29 is 18.3 Å². The number of nitrogens with zero attached hydrogens (tertiary/aromatic N) is 2. The van der Waals surface area contributed by atoms with Gasteiger partial charge in [-0.2, -0.15) is 0 Å². The quantitative estimate of drug-likeness (QED) is 0.314. The molecule has 0 radical (unpaired) electrons. The molecule has 0 aliphatic rings. The van der Waals surface area contributed by atoms with E-state index in [2.05, 4.69) is 28.5 Å². The lowest BCUT2D eigenvalue weighted by molar-refractivity contribution is 0.223. The maximum atomic E-state index is 12.5. The van der Waals surface area contributed by atoms with Gasteiger partial charge in [0.05, 0.1) is 21.7 Å². The monoisotopic (exact) mass is 482 g/mol. The highest BCUT2D eigenvalue weighted by Gasteiger charge is 2.19. The van der Waals surface area contributed by atoms with Crippen LogP contribution in [0.4, 0.5) is 0 Å². The van der Waals surface area contributed by atoms with Crippen LogP contribution in [0.2, 0.25) is 0 Å². The molecule has 0 saturated heterocycles. The molecule has 0 atom stereocenters. The summed E-state index contributed by atoms with van der Waals surface area (Å²) in [5.74, 6) is 0.721. The largest absolute Gasteiger partial charge is 0.494 e. The van der Waals surface area contributed by atoms with Gasteiger partial charge in [0.25, 0.3) is 0 Å². The number of hydrogen-bond acceptors (Lipinski definition) is 6. The molecule has 0 saturated carbocycles. The van der Waals surface area contributed by atoms with Crippen LogP contribution in [0.1, 0.15) is 20.8 Å². The number of ether oxygens (including phenoxy) is 1. The van der Waals surface area contributed by atoms with Crippen LogP contribution in [0.15, 0.2) is 53.4 Å². The standard InChI is InChI=1S/C25H30N4O4S/c1-4-26-34(31,32)19-9-12-22-20(16-19)24(25(30)28-22)23-10-7-17-15-18(8-11-21(17)27-23)33-14-13-29(5-2)6-3/h7-12,15-16,26,28,30H,4-6,13-14H2,1-3H3. The van der Waals surface area contributed by atoms with Crippen molar-refractivity contribution in [2.75, 3.05) is 32.8 Å². The van der Waals surface area contributed by atoms with E-state index >= 15 is 0 Å². The second-order valence-corrected chi connectivity index (χ2v) is 9.75. The number of hydrogen-bond donors (Lipinski definition) is 3. The van der Waals surface area contributed by atoms with Crippen LogP contribution >= 0.6 is 0 Å². The highest BCUT2D eigenvalue weighted by molar-refractivity contribution is 7.89. The molecule has 2 heterocycles. The summed E-state index contributed by atoms with van der Waals surface area (Å²) in [6, 6.07) is 14.2. The lowest BCUT2D eigenvalue weighted by Crippen LogP contribution is -2.27. The summed E-state index contributed by atoms with van der Waals surface area (Å²) in [5, 5.41) is 12.1. The van der Waals surface area contributed by atoms with E-state index in [1.165, 1.54) is 6.07 Å². The fourth-order valence-corrected chi connectivity index (χ4v) is 5.09. The van der Waals surface area contributed by atoms with Crippen molar-refractivity contribution in [3.8, 4) is 22.9 Å². The van der Waals surface area contributed by atoms with Crippen molar-refractivity contribution in [1.29, 1.82) is 0 Å². The highest BCUT2D eigenvalue weighted by atomic mass is 32.2. The van der Waals surface area contributed by atoms with Crippen LogP contribution in [0, 0.1) is 0 Å². The second-order valence-electron chi connectivity index (χ2n) is 7.98.